The van der Waals surface area contributed by atoms with Crippen LogP contribution in [0.15, 0.2) is 0 Å². The molecule has 1 aliphatic carbocycles. The summed E-state index contributed by atoms with van der Waals surface area (Å²) < 4.78 is 7.68. The van der Waals surface area contributed by atoms with E-state index in [0.29, 0.717) is 12.0 Å². The molecule has 1 aromatic heterocycles. The first-order valence-corrected chi connectivity index (χ1v) is 8.20. The van der Waals surface area contributed by atoms with Gasteiger partial charge in [-0.25, -0.2) is 4.68 Å². The fourth-order valence-electron chi connectivity index (χ4n) is 4.01. The van der Waals surface area contributed by atoms with E-state index >= 15 is 0 Å². The van der Waals surface area contributed by atoms with E-state index in [4.69, 9.17) is 14.8 Å². The number of anilines is 1. The minimum atomic E-state index is 0.405. The van der Waals surface area contributed by atoms with Crippen molar-refractivity contribution in [1.82, 2.24) is 14.8 Å². The zero-order valence-corrected chi connectivity index (χ0v) is 12.1. The Kier molecular flexibility index (Phi) is 3.38. The molecular formula is C15H24N4O. The minimum absolute atomic E-state index is 0.405. The van der Waals surface area contributed by atoms with Crippen molar-refractivity contribution >= 4 is 5.95 Å². The van der Waals surface area contributed by atoms with Gasteiger partial charge in [0.05, 0.1) is 12.6 Å². The summed E-state index contributed by atoms with van der Waals surface area (Å²) in [5.41, 5.74) is 0. The van der Waals surface area contributed by atoms with Gasteiger partial charge in [0.2, 0.25) is 5.95 Å². The molecular weight excluding hydrogens is 252 g/mol. The molecule has 2 atom stereocenters. The Balaban J connectivity index is 1.59. The largest absolute Gasteiger partial charge is 0.381 e. The number of fused-ring (bicyclic) bond motifs is 1. The molecule has 0 spiro atoms. The third-order valence-electron chi connectivity index (χ3n) is 5.17. The molecule has 110 valence electrons. The first-order chi connectivity index (χ1) is 9.92. The van der Waals surface area contributed by atoms with Crippen LogP contribution in [-0.2, 0) is 4.74 Å². The average molecular weight is 276 g/mol. The lowest BCUT2D eigenvalue weighted by atomic mass is 9.82. The van der Waals surface area contributed by atoms with Crippen molar-refractivity contribution in [3.8, 4) is 0 Å². The number of ether oxygens (including phenoxy) is 1. The lowest BCUT2D eigenvalue weighted by Gasteiger charge is -2.33. The van der Waals surface area contributed by atoms with E-state index in [1.54, 1.807) is 0 Å². The molecule has 4 rings (SSSR count). The predicted molar refractivity (Wildman–Crippen MR) is 76.9 cm³/mol. The van der Waals surface area contributed by atoms with Crippen LogP contribution >= 0.6 is 0 Å². The molecule has 2 unspecified atom stereocenters. The van der Waals surface area contributed by atoms with Crippen molar-refractivity contribution in [2.24, 2.45) is 5.92 Å². The van der Waals surface area contributed by atoms with Crippen molar-refractivity contribution in [3.05, 3.63) is 5.82 Å². The van der Waals surface area contributed by atoms with Gasteiger partial charge in [0.1, 0.15) is 0 Å². The highest BCUT2D eigenvalue weighted by molar-refractivity contribution is 5.29. The second-order valence-corrected chi connectivity index (χ2v) is 6.48. The summed E-state index contributed by atoms with van der Waals surface area (Å²) in [4.78, 5) is 4.74. The van der Waals surface area contributed by atoms with E-state index in [1.807, 2.05) is 0 Å². The number of nitrogens with one attached hydrogen (secondary N) is 1. The van der Waals surface area contributed by atoms with Gasteiger partial charge >= 0.3 is 0 Å². The molecule has 3 aliphatic rings. The Morgan fingerprint density at radius 2 is 2.00 bits per heavy atom. The van der Waals surface area contributed by atoms with E-state index in [9.17, 15) is 0 Å². The number of hydrogen-bond donors (Lipinski definition) is 1. The van der Waals surface area contributed by atoms with Gasteiger partial charge in [-0.3, -0.25) is 0 Å². The van der Waals surface area contributed by atoms with Crippen LogP contribution < -0.4 is 5.32 Å². The second-order valence-electron chi connectivity index (χ2n) is 6.48. The number of hydrogen-bond acceptors (Lipinski definition) is 4. The topological polar surface area (TPSA) is 52.0 Å². The van der Waals surface area contributed by atoms with Crippen LogP contribution in [-0.4, -0.2) is 34.5 Å². The van der Waals surface area contributed by atoms with Crippen LogP contribution in [0, 0.1) is 5.92 Å². The quantitative estimate of drug-likeness (QED) is 0.902. The van der Waals surface area contributed by atoms with Gasteiger partial charge < -0.3 is 10.1 Å². The molecule has 5 nitrogen and oxygen atoms in total. The standard InChI is InChI=1S/C15H24N4O/c1-2-4-11(5-3-1)13-6-8-16-15-17-14(18-19(13)15)12-7-9-20-10-12/h11-13H,1-10H2,(H,16,17,18). The lowest BCUT2D eigenvalue weighted by molar-refractivity contribution is 0.192. The minimum Gasteiger partial charge on any atom is -0.381 e. The first kappa shape index (κ1) is 12.6. The maximum atomic E-state index is 5.48. The number of rotatable bonds is 2. The van der Waals surface area contributed by atoms with E-state index in [0.717, 1.165) is 43.9 Å². The van der Waals surface area contributed by atoms with Gasteiger partial charge in [-0.15, -0.1) is 0 Å². The summed E-state index contributed by atoms with van der Waals surface area (Å²) in [5.74, 6) is 3.20. The van der Waals surface area contributed by atoms with Gasteiger partial charge in [-0.05, 0) is 31.6 Å². The molecule has 2 aliphatic heterocycles. The van der Waals surface area contributed by atoms with Crippen LogP contribution in [0.2, 0.25) is 0 Å². The predicted octanol–water partition coefficient (Wildman–Crippen LogP) is 2.72. The Morgan fingerprint density at radius 3 is 2.80 bits per heavy atom. The van der Waals surface area contributed by atoms with Crippen LogP contribution in [0.1, 0.15) is 62.7 Å². The summed E-state index contributed by atoms with van der Waals surface area (Å²) in [6.45, 7) is 2.69. The highest BCUT2D eigenvalue weighted by Gasteiger charge is 2.32. The smallest absolute Gasteiger partial charge is 0.221 e. The molecule has 0 aromatic carbocycles. The maximum Gasteiger partial charge on any atom is 0.221 e. The summed E-state index contributed by atoms with van der Waals surface area (Å²) >= 11 is 0. The van der Waals surface area contributed by atoms with Crippen LogP contribution in [0.25, 0.3) is 0 Å². The Morgan fingerprint density at radius 1 is 1.10 bits per heavy atom. The maximum absolute atomic E-state index is 5.48. The molecule has 1 saturated heterocycles. The summed E-state index contributed by atoms with van der Waals surface area (Å²) in [6, 6.07) is 0.565. The average Bonchev–Trinajstić information content (AvgIpc) is 3.16. The molecule has 1 N–H and O–H groups in total. The van der Waals surface area contributed by atoms with E-state index < -0.39 is 0 Å². The zero-order chi connectivity index (χ0) is 13.4. The fraction of sp³-hybridized carbons (Fsp3) is 0.867. The van der Waals surface area contributed by atoms with Crippen molar-refractivity contribution < 1.29 is 4.74 Å². The Bertz CT molecular complexity index is 460. The van der Waals surface area contributed by atoms with E-state index in [2.05, 4.69) is 10.00 Å². The second kappa shape index (κ2) is 5.35. The monoisotopic (exact) mass is 276 g/mol. The fourth-order valence-corrected chi connectivity index (χ4v) is 4.01. The molecule has 0 bridgehead atoms. The molecule has 3 heterocycles. The molecule has 20 heavy (non-hydrogen) atoms. The van der Waals surface area contributed by atoms with Gasteiger partial charge in [0.15, 0.2) is 5.82 Å². The number of aromatic nitrogens is 3. The highest BCUT2D eigenvalue weighted by Crippen LogP contribution is 2.38. The van der Waals surface area contributed by atoms with Gasteiger partial charge in [-0.1, -0.05) is 19.3 Å². The SMILES string of the molecule is C1CCC(C2CCNc3nc(C4CCOC4)nn32)CC1. The molecule has 1 saturated carbocycles. The molecule has 0 amide bonds. The van der Waals surface area contributed by atoms with Crippen LogP contribution in [0.4, 0.5) is 5.95 Å². The van der Waals surface area contributed by atoms with Crippen molar-refractivity contribution in [3.63, 3.8) is 0 Å². The third-order valence-corrected chi connectivity index (χ3v) is 5.17. The Hall–Kier alpha value is -1.10. The summed E-state index contributed by atoms with van der Waals surface area (Å²) in [5, 5.41) is 8.28. The first-order valence-electron chi connectivity index (χ1n) is 8.20. The zero-order valence-electron chi connectivity index (χ0n) is 12.1. The highest BCUT2D eigenvalue weighted by atomic mass is 16.5. The van der Waals surface area contributed by atoms with Crippen LogP contribution in [0.5, 0.6) is 0 Å². The van der Waals surface area contributed by atoms with E-state index in [-0.39, 0.29) is 0 Å². The number of nitrogens with zero attached hydrogens (tertiary/aromatic N) is 3. The summed E-state index contributed by atoms with van der Waals surface area (Å²) in [6.07, 6.45) is 9.19. The molecule has 2 fully saturated rings. The molecule has 5 heteroatoms. The summed E-state index contributed by atoms with van der Waals surface area (Å²) in [7, 11) is 0. The van der Waals surface area contributed by atoms with Crippen LogP contribution in [0.3, 0.4) is 0 Å². The Labute approximate surface area is 120 Å². The molecule has 0 radical (unpaired) electrons. The van der Waals surface area contributed by atoms with Crippen molar-refractivity contribution in [2.45, 2.75) is 56.9 Å². The van der Waals surface area contributed by atoms with Crippen molar-refractivity contribution in [2.75, 3.05) is 25.1 Å². The van der Waals surface area contributed by atoms with Crippen molar-refractivity contribution in [1.29, 1.82) is 0 Å². The third kappa shape index (κ3) is 2.22. The lowest BCUT2D eigenvalue weighted by Crippen LogP contribution is -2.30. The molecule has 1 aromatic rings. The van der Waals surface area contributed by atoms with Gasteiger partial charge in [0, 0.05) is 19.1 Å². The van der Waals surface area contributed by atoms with Gasteiger partial charge in [0.25, 0.3) is 0 Å². The van der Waals surface area contributed by atoms with E-state index in [1.165, 1.54) is 38.5 Å². The van der Waals surface area contributed by atoms with Gasteiger partial charge in [-0.2, -0.15) is 10.1 Å². The normalized spacial score (nSPS) is 31.0.